The third kappa shape index (κ3) is 8.15. The van der Waals surface area contributed by atoms with Gasteiger partial charge in [-0.3, -0.25) is 14.4 Å². The van der Waals surface area contributed by atoms with Crippen molar-refractivity contribution >= 4 is 23.4 Å². The number of nitriles is 1. The third-order valence-electron chi connectivity index (χ3n) is 4.39. The van der Waals surface area contributed by atoms with Gasteiger partial charge in [0.1, 0.15) is 0 Å². The van der Waals surface area contributed by atoms with Crippen molar-refractivity contribution in [2.75, 3.05) is 18.0 Å². The Morgan fingerprint density at radius 3 is 2.13 bits per heavy atom. The molecule has 0 aromatic heterocycles. The molecule has 0 radical (unpaired) electrons. The topological polar surface area (TPSA) is 102 Å². The predicted octanol–water partition coefficient (Wildman–Crippen LogP) is 2.54. The average Bonchev–Trinajstić information content (AvgIpc) is 2.78. The quantitative estimate of drug-likeness (QED) is 0.599. The molecule has 2 aromatic carbocycles. The second kappa shape index (κ2) is 12.7. The summed E-state index contributed by atoms with van der Waals surface area (Å²) in [7, 11) is 0. The number of benzene rings is 2. The zero-order chi connectivity index (χ0) is 21.6. The van der Waals surface area contributed by atoms with E-state index in [0.29, 0.717) is 12.2 Å². The van der Waals surface area contributed by atoms with Gasteiger partial charge in [0, 0.05) is 44.6 Å². The Balaban J connectivity index is 1.69. The maximum Gasteiger partial charge on any atom is 0.227 e. The first kappa shape index (κ1) is 22.6. The van der Waals surface area contributed by atoms with Crippen LogP contribution in [0.25, 0.3) is 0 Å². The molecule has 0 spiro atoms. The van der Waals surface area contributed by atoms with Crippen LogP contribution in [-0.4, -0.2) is 30.8 Å². The molecule has 2 aromatic rings. The lowest BCUT2D eigenvalue weighted by molar-refractivity contribution is -0.125. The molecule has 0 aliphatic carbocycles. The smallest absolute Gasteiger partial charge is 0.227 e. The molecule has 0 saturated carbocycles. The third-order valence-corrected chi connectivity index (χ3v) is 4.39. The number of carbonyl (C=O) groups is 3. The highest BCUT2D eigenvalue weighted by molar-refractivity contribution is 5.95. The zero-order valence-electron chi connectivity index (χ0n) is 16.8. The fraction of sp³-hybridized carbons (Fsp3) is 0.304. The molecule has 0 fully saturated rings. The van der Waals surface area contributed by atoms with Gasteiger partial charge in [-0.1, -0.05) is 48.5 Å². The lowest BCUT2D eigenvalue weighted by atomic mass is 10.2. The van der Waals surface area contributed by atoms with E-state index < -0.39 is 0 Å². The molecule has 0 atom stereocenters. The van der Waals surface area contributed by atoms with Gasteiger partial charge >= 0.3 is 0 Å². The summed E-state index contributed by atoms with van der Waals surface area (Å²) in [4.78, 5) is 37.9. The van der Waals surface area contributed by atoms with E-state index in [2.05, 4.69) is 10.6 Å². The Morgan fingerprint density at radius 1 is 0.833 bits per heavy atom. The fourth-order valence-corrected chi connectivity index (χ4v) is 2.81. The molecule has 0 unspecified atom stereocenters. The summed E-state index contributed by atoms with van der Waals surface area (Å²) >= 11 is 0. The predicted molar refractivity (Wildman–Crippen MR) is 114 cm³/mol. The van der Waals surface area contributed by atoms with Crippen LogP contribution >= 0.6 is 0 Å². The minimum Gasteiger partial charge on any atom is -0.356 e. The largest absolute Gasteiger partial charge is 0.356 e. The van der Waals surface area contributed by atoms with Crippen molar-refractivity contribution in [2.24, 2.45) is 0 Å². The van der Waals surface area contributed by atoms with Crippen molar-refractivity contribution in [2.45, 2.75) is 32.2 Å². The van der Waals surface area contributed by atoms with Gasteiger partial charge in [0.05, 0.1) is 12.5 Å². The van der Waals surface area contributed by atoms with Crippen LogP contribution in [0.1, 0.15) is 31.2 Å². The Labute approximate surface area is 176 Å². The summed E-state index contributed by atoms with van der Waals surface area (Å²) in [5, 5.41) is 14.3. The van der Waals surface area contributed by atoms with E-state index >= 15 is 0 Å². The number of amides is 3. The first-order chi connectivity index (χ1) is 14.6. The van der Waals surface area contributed by atoms with E-state index in [9.17, 15) is 14.4 Å². The molecule has 0 aliphatic rings. The number of nitrogens with one attached hydrogen (secondary N) is 2. The standard InChI is InChI=1S/C23H26N4O3/c24-15-7-17-27(20-10-5-2-6-11-20)23(30)13-12-21(28)25-16-14-22(29)26-18-19-8-3-1-4-9-19/h1-6,8-11H,7,12-14,16-18H2,(H,25,28)(H,26,29). The lowest BCUT2D eigenvalue weighted by Crippen LogP contribution is -2.34. The highest BCUT2D eigenvalue weighted by Crippen LogP contribution is 2.15. The summed E-state index contributed by atoms with van der Waals surface area (Å²) < 4.78 is 0. The van der Waals surface area contributed by atoms with Gasteiger partial charge in [0.15, 0.2) is 0 Å². The van der Waals surface area contributed by atoms with E-state index in [-0.39, 0.29) is 56.5 Å². The maximum absolute atomic E-state index is 12.5. The van der Waals surface area contributed by atoms with Gasteiger partial charge in [0.25, 0.3) is 0 Å². The summed E-state index contributed by atoms with van der Waals surface area (Å²) in [5.74, 6) is -0.651. The Morgan fingerprint density at radius 2 is 1.47 bits per heavy atom. The van der Waals surface area contributed by atoms with Gasteiger partial charge in [-0.2, -0.15) is 5.26 Å². The molecule has 156 valence electrons. The zero-order valence-corrected chi connectivity index (χ0v) is 16.8. The number of hydrogen-bond donors (Lipinski definition) is 2. The van der Waals surface area contributed by atoms with Crippen LogP contribution < -0.4 is 15.5 Å². The van der Waals surface area contributed by atoms with E-state index in [4.69, 9.17) is 5.26 Å². The first-order valence-electron chi connectivity index (χ1n) is 9.90. The van der Waals surface area contributed by atoms with Gasteiger partial charge in [-0.15, -0.1) is 0 Å². The molecule has 0 aliphatic heterocycles. The van der Waals surface area contributed by atoms with Crippen molar-refractivity contribution in [1.29, 1.82) is 5.26 Å². The number of hydrogen-bond acceptors (Lipinski definition) is 4. The van der Waals surface area contributed by atoms with Crippen LogP contribution in [0.15, 0.2) is 60.7 Å². The number of para-hydroxylation sites is 1. The van der Waals surface area contributed by atoms with Crippen LogP contribution in [-0.2, 0) is 20.9 Å². The summed E-state index contributed by atoms with van der Waals surface area (Å²) in [6.45, 7) is 0.938. The molecule has 3 amide bonds. The van der Waals surface area contributed by atoms with Crippen LogP contribution in [0.2, 0.25) is 0 Å². The molecule has 2 N–H and O–H groups in total. The highest BCUT2D eigenvalue weighted by atomic mass is 16.2. The van der Waals surface area contributed by atoms with Gasteiger partial charge in [-0.25, -0.2) is 0 Å². The normalized spacial score (nSPS) is 9.97. The Kier molecular flexibility index (Phi) is 9.60. The highest BCUT2D eigenvalue weighted by Gasteiger charge is 2.16. The van der Waals surface area contributed by atoms with Crippen LogP contribution in [0.3, 0.4) is 0 Å². The second-order valence-corrected chi connectivity index (χ2v) is 6.65. The van der Waals surface area contributed by atoms with E-state index in [1.54, 1.807) is 12.1 Å². The molecule has 0 saturated heterocycles. The Bertz CT molecular complexity index is 863. The minimum absolute atomic E-state index is 0.0281. The molecule has 7 nitrogen and oxygen atoms in total. The van der Waals surface area contributed by atoms with Crippen LogP contribution in [0.5, 0.6) is 0 Å². The van der Waals surface area contributed by atoms with Crippen LogP contribution in [0, 0.1) is 11.3 Å². The monoisotopic (exact) mass is 406 g/mol. The van der Waals surface area contributed by atoms with Gasteiger partial charge < -0.3 is 15.5 Å². The van der Waals surface area contributed by atoms with E-state index in [1.165, 1.54) is 4.90 Å². The van der Waals surface area contributed by atoms with Crippen LogP contribution in [0.4, 0.5) is 5.69 Å². The maximum atomic E-state index is 12.5. The second-order valence-electron chi connectivity index (χ2n) is 6.65. The van der Waals surface area contributed by atoms with Crippen molar-refractivity contribution in [1.82, 2.24) is 10.6 Å². The molecule has 2 rings (SSSR count). The lowest BCUT2D eigenvalue weighted by Gasteiger charge is -2.21. The molecule has 30 heavy (non-hydrogen) atoms. The van der Waals surface area contributed by atoms with E-state index in [0.717, 1.165) is 5.56 Å². The SMILES string of the molecule is N#CCCN(C(=O)CCC(=O)NCCC(=O)NCc1ccccc1)c1ccccc1. The van der Waals surface area contributed by atoms with Crippen molar-refractivity contribution < 1.29 is 14.4 Å². The van der Waals surface area contributed by atoms with Crippen molar-refractivity contribution in [3.8, 4) is 6.07 Å². The number of anilines is 1. The molecule has 7 heteroatoms. The summed E-state index contributed by atoms with van der Waals surface area (Å²) in [6, 6.07) is 20.7. The summed E-state index contributed by atoms with van der Waals surface area (Å²) in [6.07, 6.45) is 0.447. The number of nitrogens with zero attached hydrogens (tertiary/aromatic N) is 2. The Hall–Kier alpha value is -3.66. The fourth-order valence-electron chi connectivity index (χ4n) is 2.81. The molecule has 0 bridgehead atoms. The van der Waals surface area contributed by atoms with Gasteiger partial charge in [0.2, 0.25) is 17.7 Å². The average molecular weight is 406 g/mol. The molecule has 0 heterocycles. The number of rotatable bonds is 11. The molecular weight excluding hydrogens is 380 g/mol. The first-order valence-corrected chi connectivity index (χ1v) is 9.90. The molecular formula is C23H26N4O3. The van der Waals surface area contributed by atoms with Crippen molar-refractivity contribution in [3.63, 3.8) is 0 Å². The van der Waals surface area contributed by atoms with Gasteiger partial charge in [-0.05, 0) is 17.7 Å². The number of carbonyl (C=O) groups excluding carboxylic acids is 3. The summed E-state index contributed by atoms with van der Waals surface area (Å²) in [5.41, 5.74) is 1.71. The van der Waals surface area contributed by atoms with E-state index in [1.807, 2.05) is 54.6 Å². The minimum atomic E-state index is -0.285. The van der Waals surface area contributed by atoms with Crippen molar-refractivity contribution in [3.05, 3.63) is 66.2 Å².